The van der Waals surface area contributed by atoms with Crippen LogP contribution in [0.4, 0.5) is 5.88 Å². The third kappa shape index (κ3) is 2.71. The number of hydrogen-bond acceptors (Lipinski definition) is 6. The Labute approximate surface area is 120 Å². The maximum Gasteiger partial charge on any atom is 0.433 e. The molecule has 0 atom stereocenters. The summed E-state index contributed by atoms with van der Waals surface area (Å²) in [5.41, 5.74) is 0.980. The summed E-state index contributed by atoms with van der Waals surface area (Å²) in [5, 5.41) is 10.6. The molecule has 1 aromatic carbocycles. The number of aryl methyl sites for hydroxylation is 1. The highest BCUT2D eigenvalue weighted by atomic mass is 16.6. The van der Waals surface area contributed by atoms with Crippen molar-refractivity contribution < 1.29 is 23.6 Å². The van der Waals surface area contributed by atoms with E-state index in [-0.39, 0.29) is 5.76 Å². The standard InChI is InChI=1S/C14H13NO6/c1-8-6-11(19-2)12(20-3)7-9(8)14(16)10-4-5-13(21-10)15(17)18/h4-7H,1-3H3. The van der Waals surface area contributed by atoms with Gasteiger partial charge in [-0.25, -0.2) is 0 Å². The molecule has 0 aliphatic heterocycles. The molecule has 2 aromatic rings. The second-order valence-electron chi connectivity index (χ2n) is 4.25. The summed E-state index contributed by atoms with van der Waals surface area (Å²) in [4.78, 5) is 22.3. The fourth-order valence-corrected chi connectivity index (χ4v) is 1.91. The van der Waals surface area contributed by atoms with E-state index in [1.807, 2.05) is 0 Å². The van der Waals surface area contributed by atoms with Gasteiger partial charge in [0.2, 0.25) is 5.78 Å². The minimum absolute atomic E-state index is 0.1000. The molecule has 0 aliphatic carbocycles. The van der Waals surface area contributed by atoms with Crippen molar-refractivity contribution in [2.24, 2.45) is 0 Å². The van der Waals surface area contributed by atoms with Gasteiger partial charge in [-0.3, -0.25) is 14.9 Å². The fourth-order valence-electron chi connectivity index (χ4n) is 1.91. The van der Waals surface area contributed by atoms with Gasteiger partial charge >= 0.3 is 5.88 Å². The number of furan rings is 1. The van der Waals surface area contributed by atoms with E-state index in [1.54, 1.807) is 13.0 Å². The number of hydrogen-bond donors (Lipinski definition) is 0. The lowest BCUT2D eigenvalue weighted by atomic mass is 10.0. The van der Waals surface area contributed by atoms with E-state index in [1.165, 1.54) is 26.4 Å². The maximum absolute atomic E-state index is 12.4. The van der Waals surface area contributed by atoms with Crippen molar-refractivity contribution in [2.45, 2.75) is 6.92 Å². The van der Waals surface area contributed by atoms with E-state index in [4.69, 9.17) is 13.9 Å². The van der Waals surface area contributed by atoms with Crippen molar-refractivity contribution in [3.8, 4) is 11.5 Å². The number of methoxy groups -OCH3 is 2. The van der Waals surface area contributed by atoms with Crippen LogP contribution in [0.1, 0.15) is 21.7 Å². The van der Waals surface area contributed by atoms with Crippen LogP contribution in [-0.4, -0.2) is 24.9 Å². The lowest BCUT2D eigenvalue weighted by Gasteiger charge is -2.11. The zero-order valence-electron chi connectivity index (χ0n) is 11.7. The Hall–Kier alpha value is -2.83. The third-order valence-electron chi connectivity index (χ3n) is 2.97. The molecule has 0 saturated carbocycles. The molecule has 0 fully saturated rings. The van der Waals surface area contributed by atoms with Crippen molar-refractivity contribution in [3.63, 3.8) is 0 Å². The Morgan fingerprint density at radius 3 is 2.33 bits per heavy atom. The smallest absolute Gasteiger partial charge is 0.433 e. The van der Waals surface area contributed by atoms with E-state index in [9.17, 15) is 14.9 Å². The van der Waals surface area contributed by atoms with E-state index < -0.39 is 16.6 Å². The minimum atomic E-state index is -0.696. The number of ether oxygens (including phenoxy) is 2. The first-order valence-corrected chi connectivity index (χ1v) is 5.99. The number of nitro groups is 1. The first kappa shape index (κ1) is 14.6. The molecule has 0 N–H and O–H groups in total. The zero-order valence-corrected chi connectivity index (χ0v) is 11.7. The average molecular weight is 291 g/mol. The monoisotopic (exact) mass is 291 g/mol. The largest absolute Gasteiger partial charge is 0.493 e. The van der Waals surface area contributed by atoms with Crippen LogP contribution in [0.5, 0.6) is 11.5 Å². The van der Waals surface area contributed by atoms with Gasteiger partial charge in [0.25, 0.3) is 0 Å². The van der Waals surface area contributed by atoms with E-state index in [0.29, 0.717) is 22.6 Å². The highest BCUT2D eigenvalue weighted by molar-refractivity contribution is 6.08. The highest BCUT2D eigenvalue weighted by Gasteiger charge is 2.21. The Morgan fingerprint density at radius 2 is 1.81 bits per heavy atom. The predicted molar refractivity (Wildman–Crippen MR) is 73.1 cm³/mol. The van der Waals surface area contributed by atoms with Gasteiger partial charge in [0.15, 0.2) is 17.3 Å². The van der Waals surface area contributed by atoms with Crippen molar-refractivity contribution in [2.75, 3.05) is 14.2 Å². The lowest BCUT2D eigenvalue weighted by molar-refractivity contribution is -0.402. The molecule has 0 spiro atoms. The molecule has 110 valence electrons. The molecule has 7 nitrogen and oxygen atoms in total. The Bertz CT molecular complexity index is 703. The SMILES string of the molecule is COc1cc(C)c(C(=O)c2ccc([N+](=O)[O-])o2)cc1OC. The molecule has 0 radical (unpaired) electrons. The normalized spacial score (nSPS) is 10.2. The average Bonchev–Trinajstić information content (AvgIpc) is 2.96. The number of benzene rings is 1. The Balaban J connectivity index is 2.44. The van der Waals surface area contributed by atoms with Crippen LogP contribution in [-0.2, 0) is 0 Å². The Morgan fingerprint density at radius 1 is 1.19 bits per heavy atom. The zero-order chi connectivity index (χ0) is 15.6. The first-order chi connectivity index (χ1) is 9.97. The van der Waals surface area contributed by atoms with Gasteiger partial charge in [-0.2, -0.15) is 0 Å². The molecule has 0 bridgehead atoms. The van der Waals surface area contributed by atoms with Crippen molar-refractivity contribution in [1.29, 1.82) is 0 Å². The number of ketones is 1. The molecule has 2 rings (SSSR count). The topological polar surface area (TPSA) is 91.8 Å². The highest BCUT2D eigenvalue weighted by Crippen LogP contribution is 2.31. The molecular formula is C14H13NO6. The van der Waals surface area contributed by atoms with Crippen LogP contribution in [0.3, 0.4) is 0 Å². The van der Waals surface area contributed by atoms with Crippen LogP contribution in [0.2, 0.25) is 0 Å². The van der Waals surface area contributed by atoms with Gasteiger partial charge in [-0.1, -0.05) is 0 Å². The van der Waals surface area contributed by atoms with Gasteiger partial charge in [-0.15, -0.1) is 0 Å². The lowest BCUT2D eigenvalue weighted by Crippen LogP contribution is -2.04. The molecule has 7 heteroatoms. The van der Waals surface area contributed by atoms with E-state index in [2.05, 4.69) is 0 Å². The van der Waals surface area contributed by atoms with Crippen LogP contribution >= 0.6 is 0 Å². The summed E-state index contributed by atoms with van der Waals surface area (Å²) in [7, 11) is 2.95. The van der Waals surface area contributed by atoms with Gasteiger partial charge in [-0.05, 0) is 30.7 Å². The molecule has 21 heavy (non-hydrogen) atoms. The van der Waals surface area contributed by atoms with Crippen LogP contribution in [0.25, 0.3) is 0 Å². The van der Waals surface area contributed by atoms with Crippen LogP contribution in [0, 0.1) is 17.0 Å². The molecule has 0 aliphatic rings. The summed E-state index contributed by atoms with van der Waals surface area (Å²) in [6.45, 7) is 1.73. The second-order valence-corrected chi connectivity index (χ2v) is 4.25. The number of nitrogens with zero attached hydrogens (tertiary/aromatic N) is 1. The molecular weight excluding hydrogens is 278 g/mol. The first-order valence-electron chi connectivity index (χ1n) is 5.99. The minimum Gasteiger partial charge on any atom is -0.493 e. The van der Waals surface area contributed by atoms with Crippen molar-refractivity contribution in [1.82, 2.24) is 0 Å². The summed E-state index contributed by atoms with van der Waals surface area (Å²) in [6, 6.07) is 5.59. The van der Waals surface area contributed by atoms with Crippen LogP contribution in [0.15, 0.2) is 28.7 Å². The molecule has 1 heterocycles. The molecule has 0 unspecified atom stereocenters. The van der Waals surface area contributed by atoms with Gasteiger partial charge in [0.1, 0.15) is 4.92 Å². The maximum atomic E-state index is 12.4. The van der Waals surface area contributed by atoms with E-state index in [0.717, 1.165) is 6.07 Å². The number of rotatable bonds is 5. The molecule has 0 amide bonds. The van der Waals surface area contributed by atoms with Crippen molar-refractivity contribution in [3.05, 3.63) is 51.3 Å². The predicted octanol–water partition coefficient (Wildman–Crippen LogP) is 2.74. The molecule has 1 aromatic heterocycles. The molecule has 0 saturated heterocycles. The Kier molecular flexibility index (Phi) is 3.93. The van der Waals surface area contributed by atoms with Crippen LogP contribution < -0.4 is 9.47 Å². The third-order valence-corrected chi connectivity index (χ3v) is 2.97. The second kappa shape index (κ2) is 5.66. The summed E-state index contributed by atoms with van der Waals surface area (Å²) in [5.74, 6) is -0.139. The van der Waals surface area contributed by atoms with Gasteiger partial charge in [0, 0.05) is 5.56 Å². The van der Waals surface area contributed by atoms with Gasteiger partial charge in [0.05, 0.1) is 20.3 Å². The van der Waals surface area contributed by atoms with E-state index >= 15 is 0 Å². The fraction of sp³-hybridized carbons (Fsp3) is 0.214. The summed E-state index contributed by atoms with van der Waals surface area (Å²) >= 11 is 0. The number of carbonyl (C=O) groups excluding carboxylic acids is 1. The van der Waals surface area contributed by atoms with Gasteiger partial charge < -0.3 is 13.9 Å². The summed E-state index contributed by atoms with van der Waals surface area (Å²) < 4.78 is 15.2. The summed E-state index contributed by atoms with van der Waals surface area (Å²) in [6.07, 6.45) is 0. The quantitative estimate of drug-likeness (QED) is 0.478. The van der Waals surface area contributed by atoms with Crippen molar-refractivity contribution >= 4 is 11.7 Å². The number of carbonyl (C=O) groups is 1.